The third-order valence-corrected chi connectivity index (χ3v) is 4.20. The van der Waals surface area contributed by atoms with Crippen molar-refractivity contribution < 1.29 is 9.53 Å². The summed E-state index contributed by atoms with van der Waals surface area (Å²) in [7, 11) is 0. The molecule has 0 saturated carbocycles. The first-order valence-corrected chi connectivity index (χ1v) is 7.71. The number of carbonyl (C=O) groups is 1. The molecule has 0 radical (unpaired) electrons. The van der Waals surface area contributed by atoms with E-state index in [0.717, 1.165) is 0 Å². The van der Waals surface area contributed by atoms with Gasteiger partial charge in [-0.05, 0) is 32.4 Å². The molecule has 1 fully saturated rings. The van der Waals surface area contributed by atoms with Crippen LogP contribution in [0.4, 0.5) is 4.79 Å². The van der Waals surface area contributed by atoms with Crippen LogP contribution in [-0.4, -0.2) is 44.9 Å². The first kappa shape index (κ1) is 15.7. The van der Waals surface area contributed by atoms with E-state index >= 15 is 0 Å². The van der Waals surface area contributed by atoms with Gasteiger partial charge in [0.15, 0.2) is 0 Å². The molecule has 110 valence electrons. The van der Waals surface area contributed by atoms with E-state index in [9.17, 15) is 4.79 Å². The Morgan fingerprint density at radius 2 is 2.10 bits per heavy atom. The smallest absolute Gasteiger partial charge is 0.410 e. The lowest BCUT2D eigenvalue weighted by Crippen LogP contribution is -2.53. The number of rotatable bonds is 2. The Morgan fingerprint density at radius 3 is 2.70 bits per heavy atom. The third-order valence-electron chi connectivity index (χ3n) is 2.46. The van der Waals surface area contributed by atoms with E-state index in [1.165, 1.54) is 18.0 Å². The number of halogens is 2. The molecule has 1 amide bonds. The molecule has 0 unspecified atom stereocenters. The van der Waals surface area contributed by atoms with Crippen LogP contribution in [0, 0.1) is 0 Å². The molecule has 0 aliphatic carbocycles. The SMILES string of the molecule is CC(C)(C)OC(=O)N1CC(Sc2nc(Cl)ncc2Cl)C1. The fraction of sp³-hybridized carbons (Fsp3) is 0.583. The van der Waals surface area contributed by atoms with Gasteiger partial charge in [-0.15, -0.1) is 0 Å². The summed E-state index contributed by atoms with van der Waals surface area (Å²) in [4.78, 5) is 21.3. The highest BCUT2D eigenvalue weighted by Gasteiger charge is 2.34. The predicted octanol–water partition coefficient (Wildman–Crippen LogP) is 3.49. The molecule has 0 N–H and O–H groups in total. The fourth-order valence-electron chi connectivity index (χ4n) is 1.56. The van der Waals surface area contributed by atoms with Gasteiger partial charge in [0.05, 0.1) is 11.2 Å². The second-order valence-corrected chi connectivity index (χ2v) is 7.45. The molecule has 1 aromatic heterocycles. The standard InChI is InChI=1S/C12H15Cl2N3O2S/c1-12(2,3)19-11(18)17-5-7(6-17)20-9-8(13)4-15-10(14)16-9/h4,7H,5-6H2,1-3H3. The summed E-state index contributed by atoms with van der Waals surface area (Å²) >= 11 is 13.2. The van der Waals surface area contributed by atoms with Crippen LogP contribution in [0.1, 0.15) is 20.8 Å². The van der Waals surface area contributed by atoms with Crippen molar-refractivity contribution in [3.63, 3.8) is 0 Å². The topological polar surface area (TPSA) is 55.3 Å². The van der Waals surface area contributed by atoms with Gasteiger partial charge in [-0.1, -0.05) is 23.4 Å². The van der Waals surface area contributed by atoms with Gasteiger partial charge in [-0.25, -0.2) is 14.8 Å². The minimum absolute atomic E-state index is 0.167. The minimum Gasteiger partial charge on any atom is -0.444 e. The maximum Gasteiger partial charge on any atom is 0.410 e. The van der Waals surface area contributed by atoms with Gasteiger partial charge in [-0.3, -0.25) is 0 Å². The number of hydrogen-bond donors (Lipinski definition) is 0. The van der Waals surface area contributed by atoms with E-state index in [4.69, 9.17) is 27.9 Å². The number of nitrogens with zero attached hydrogens (tertiary/aromatic N) is 3. The summed E-state index contributed by atoms with van der Waals surface area (Å²) in [5.41, 5.74) is -0.473. The molecular formula is C12H15Cl2N3O2S. The highest BCUT2D eigenvalue weighted by Crippen LogP contribution is 2.33. The zero-order valence-electron chi connectivity index (χ0n) is 11.4. The van der Waals surface area contributed by atoms with Crippen LogP contribution in [0.3, 0.4) is 0 Å². The number of aromatic nitrogens is 2. The van der Waals surface area contributed by atoms with Gasteiger partial charge < -0.3 is 9.64 Å². The Balaban J connectivity index is 1.85. The number of hydrogen-bond acceptors (Lipinski definition) is 5. The van der Waals surface area contributed by atoms with Crippen molar-refractivity contribution in [1.29, 1.82) is 0 Å². The van der Waals surface area contributed by atoms with E-state index < -0.39 is 5.60 Å². The van der Waals surface area contributed by atoms with Gasteiger partial charge in [-0.2, -0.15) is 0 Å². The molecule has 0 spiro atoms. The average molecular weight is 336 g/mol. The summed E-state index contributed by atoms with van der Waals surface area (Å²) in [6.07, 6.45) is 1.19. The molecule has 2 heterocycles. The number of likely N-dealkylation sites (tertiary alicyclic amines) is 1. The first-order valence-electron chi connectivity index (χ1n) is 6.07. The van der Waals surface area contributed by atoms with Crippen molar-refractivity contribution in [3.8, 4) is 0 Å². The molecule has 0 aromatic carbocycles. The van der Waals surface area contributed by atoms with Gasteiger partial charge in [0, 0.05) is 18.3 Å². The zero-order valence-corrected chi connectivity index (χ0v) is 13.7. The van der Waals surface area contributed by atoms with Crippen molar-refractivity contribution in [1.82, 2.24) is 14.9 Å². The van der Waals surface area contributed by atoms with E-state index in [2.05, 4.69) is 9.97 Å². The normalized spacial score (nSPS) is 15.9. The van der Waals surface area contributed by atoms with E-state index in [1.807, 2.05) is 20.8 Å². The molecule has 2 rings (SSSR count). The Bertz CT molecular complexity index is 516. The largest absolute Gasteiger partial charge is 0.444 e. The maximum absolute atomic E-state index is 11.8. The van der Waals surface area contributed by atoms with E-state index in [0.29, 0.717) is 23.1 Å². The summed E-state index contributed by atoms with van der Waals surface area (Å²) in [6.45, 7) is 6.76. The molecule has 1 aliphatic heterocycles. The molecule has 5 nitrogen and oxygen atoms in total. The number of carbonyl (C=O) groups excluding carboxylic acids is 1. The summed E-state index contributed by atoms with van der Waals surface area (Å²) in [6, 6.07) is 0. The minimum atomic E-state index is -0.473. The molecule has 1 aromatic rings. The van der Waals surface area contributed by atoms with Crippen LogP contribution in [0.25, 0.3) is 0 Å². The van der Waals surface area contributed by atoms with Crippen LogP contribution >= 0.6 is 35.0 Å². The van der Waals surface area contributed by atoms with Crippen LogP contribution in [0.15, 0.2) is 11.2 Å². The first-order chi connectivity index (χ1) is 9.24. The van der Waals surface area contributed by atoms with E-state index in [1.54, 1.807) is 4.90 Å². The number of thioether (sulfide) groups is 1. The van der Waals surface area contributed by atoms with Gasteiger partial charge in [0.25, 0.3) is 0 Å². The van der Waals surface area contributed by atoms with Gasteiger partial charge >= 0.3 is 6.09 Å². The lowest BCUT2D eigenvalue weighted by molar-refractivity contribution is 0.0144. The molecule has 8 heteroatoms. The van der Waals surface area contributed by atoms with Crippen molar-refractivity contribution >= 4 is 41.1 Å². The molecule has 20 heavy (non-hydrogen) atoms. The quantitative estimate of drug-likeness (QED) is 0.611. The van der Waals surface area contributed by atoms with Crippen molar-refractivity contribution in [2.24, 2.45) is 0 Å². The molecule has 1 aliphatic rings. The van der Waals surface area contributed by atoms with Crippen molar-refractivity contribution in [2.75, 3.05) is 13.1 Å². The lowest BCUT2D eigenvalue weighted by atomic mass is 10.2. The second-order valence-electron chi connectivity index (χ2n) is 5.42. The third kappa shape index (κ3) is 4.14. The molecule has 1 saturated heterocycles. The van der Waals surface area contributed by atoms with Crippen LogP contribution in [0.5, 0.6) is 0 Å². The van der Waals surface area contributed by atoms with E-state index in [-0.39, 0.29) is 16.6 Å². The summed E-state index contributed by atoms with van der Waals surface area (Å²) < 4.78 is 5.29. The maximum atomic E-state index is 11.8. The molecule has 0 bridgehead atoms. The Hall–Kier alpha value is -0.720. The van der Waals surface area contributed by atoms with Crippen LogP contribution in [-0.2, 0) is 4.74 Å². The second kappa shape index (κ2) is 5.95. The summed E-state index contributed by atoms with van der Waals surface area (Å²) in [5, 5.41) is 1.52. The highest BCUT2D eigenvalue weighted by atomic mass is 35.5. The number of amides is 1. The fourth-order valence-corrected chi connectivity index (χ4v) is 3.10. The number of ether oxygens (including phenoxy) is 1. The van der Waals surface area contributed by atoms with Crippen LogP contribution in [0.2, 0.25) is 10.3 Å². The molecular weight excluding hydrogens is 321 g/mol. The van der Waals surface area contributed by atoms with Crippen LogP contribution < -0.4 is 0 Å². The molecule has 0 atom stereocenters. The predicted molar refractivity (Wildman–Crippen MR) is 79.5 cm³/mol. The van der Waals surface area contributed by atoms with Gasteiger partial charge in [0.2, 0.25) is 5.28 Å². The zero-order chi connectivity index (χ0) is 14.9. The Labute approximate surface area is 132 Å². The van der Waals surface area contributed by atoms with Crippen molar-refractivity contribution in [3.05, 3.63) is 16.5 Å². The lowest BCUT2D eigenvalue weighted by Gasteiger charge is -2.39. The highest BCUT2D eigenvalue weighted by molar-refractivity contribution is 8.00. The Kier molecular flexibility index (Phi) is 4.66. The van der Waals surface area contributed by atoms with Crippen molar-refractivity contribution in [2.45, 2.75) is 36.6 Å². The Morgan fingerprint density at radius 1 is 1.45 bits per heavy atom. The average Bonchev–Trinajstić information content (AvgIpc) is 2.24. The van der Waals surface area contributed by atoms with Gasteiger partial charge in [0.1, 0.15) is 10.6 Å². The summed E-state index contributed by atoms with van der Waals surface area (Å²) in [5.74, 6) is 0. The monoisotopic (exact) mass is 335 g/mol.